The van der Waals surface area contributed by atoms with Crippen LogP contribution in [0.4, 0.5) is 4.79 Å². The molecule has 1 aromatic heterocycles. The maximum atomic E-state index is 13.3. The van der Waals surface area contributed by atoms with E-state index in [1.165, 1.54) is 7.11 Å². The predicted octanol–water partition coefficient (Wildman–Crippen LogP) is 1.68. The number of Topliss-reactive ketones (excluding diaryl/α,β-unsaturated/α-hetero) is 1. The van der Waals surface area contributed by atoms with Gasteiger partial charge in [0.05, 0.1) is 20.3 Å². The molecule has 1 aliphatic rings. The van der Waals surface area contributed by atoms with Gasteiger partial charge in [-0.2, -0.15) is 0 Å². The maximum absolute atomic E-state index is 13.3. The topological polar surface area (TPSA) is 165 Å². The van der Waals surface area contributed by atoms with E-state index in [0.29, 0.717) is 30.7 Å². The lowest BCUT2D eigenvalue weighted by Crippen LogP contribution is -2.53. The molecule has 4 N–H and O–H groups in total. The predicted molar refractivity (Wildman–Crippen MR) is 137 cm³/mol. The summed E-state index contributed by atoms with van der Waals surface area (Å²) < 4.78 is 14.5. The Labute approximate surface area is 220 Å². The number of amides is 3. The van der Waals surface area contributed by atoms with E-state index in [2.05, 4.69) is 25.7 Å². The number of fused-ring (bicyclic) bond motifs is 1. The molecule has 0 spiro atoms. The molecule has 1 aliphatic heterocycles. The number of ketones is 1. The number of rotatable bonds is 12. The van der Waals surface area contributed by atoms with Gasteiger partial charge in [-0.25, -0.2) is 4.79 Å². The lowest BCUT2D eigenvalue weighted by atomic mass is 9.95. The Balaban J connectivity index is 1.76. The van der Waals surface area contributed by atoms with Crippen LogP contribution < -0.4 is 20.7 Å². The first kappa shape index (κ1) is 28.5. The Bertz CT molecular complexity index is 1190. The number of H-pyrrole nitrogens is 1. The van der Waals surface area contributed by atoms with Crippen LogP contribution >= 0.6 is 0 Å². The van der Waals surface area contributed by atoms with E-state index in [0.717, 1.165) is 12.5 Å². The van der Waals surface area contributed by atoms with Crippen molar-refractivity contribution in [3.05, 3.63) is 30.0 Å². The van der Waals surface area contributed by atoms with Crippen molar-refractivity contribution in [2.45, 2.75) is 45.2 Å². The highest BCUT2D eigenvalue weighted by Crippen LogP contribution is 2.26. The smallest absolute Gasteiger partial charge is 0.496 e. The number of ether oxygens (including phenoxy) is 3. The van der Waals surface area contributed by atoms with Gasteiger partial charge in [0, 0.05) is 23.4 Å². The molecular weight excluding hydrogens is 496 g/mol. The van der Waals surface area contributed by atoms with Crippen LogP contribution in [-0.4, -0.2) is 74.1 Å². The Morgan fingerprint density at radius 2 is 1.87 bits per heavy atom. The summed E-state index contributed by atoms with van der Waals surface area (Å²) in [5.41, 5.74) is 0.943. The highest BCUT2D eigenvalue weighted by Gasteiger charge is 2.34. The maximum Gasteiger partial charge on any atom is 0.508 e. The summed E-state index contributed by atoms with van der Waals surface area (Å²) in [6, 6.07) is 4.94. The molecule has 12 nitrogen and oxygen atoms in total. The van der Waals surface area contributed by atoms with E-state index in [-0.39, 0.29) is 23.9 Å². The molecule has 2 heterocycles. The highest BCUT2D eigenvalue weighted by molar-refractivity contribution is 6.02. The third kappa shape index (κ3) is 7.24. The number of methoxy groups -OCH3 is 2. The van der Waals surface area contributed by atoms with Crippen LogP contribution in [0.2, 0.25) is 0 Å². The van der Waals surface area contributed by atoms with E-state index >= 15 is 0 Å². The van der Waals surface area contributed by atoms with E-state index < -0.39 is 48.4 Å². The average Bonchev–Trinajstić information content (AvgIpc) is 3.51. The molecule has 1 aromatic carbocycles. The molecule has 38 heavy (non-hydrogen) atoms. The molecule has 2 aromatic rings. The second kappa shape index (κ2) is 12.9. The zero-order valence-corrected chi connectivity index (χ0v) is 21.9. The standard InChI is InChI=1S/C26H34N4O8/c1-14(2)10-19(30-25(34)20-12-16-17(28-20)6-5-7-22(16)36-3)24(33)29-18(11-15-8-9-27-23(15)32)21(31)13-38-26(35)37-4/h5-7,12,14-15,18-19,28H,8-11,13H2,1-4H3,(H,27,32)(H,29,33)(H,30,34)/t15-,18-,19-/m0/s1. The van der Waals surface area contributed by atoms with E-state index in [4.69, 9.17) is 9.47 Å². The molecule has 1 saturated heterocycles. The van der Waals surface area contributed by atoms with Crippen LogP contribution in [0.25, 0.3) is 10.9 Å². The van der Waals surface area contributed by atoms with Gasteiger partial charge in [-0.3, -0.25) is 19.2 Å². The molecule has 0 saturated carbocycles. The second-order valence-corrected chi connectivity index (χ2v) is 9.54. The van der Waals surface area contributed by atoms with Gasteiger partial charge in [-0.1, -0.05) is 19.9 Å². The van der Waals surface area contributed by atoms with Crippen molar-refractivity contribution in [1.82, 2.24) is 20.9 Å². The quantitative estimate of drug-likeness (QED) is 0.301. The summed E-state index contributed by atoms with van der Waals surface area (Å²) in [5.74, 6) is -1.76. The number of nitrogens with one attached hydrogen (secondary N) is 4. The van der Waals surface area contributed by atoms with Crippen molar-refractivity contribution >= 4 is 40.6 Å². The average molecular weight is 531 g/mol. The van der Waals surface area contributed by atoms with Crippen LogP contribution in [-0.2, 0) is 23.9 Å². The van der Waals surface area contributed by atoms with E-state index in [1.807, 2.05) is 13.8 Å². The monoisotopic (exact) mass is 530 g/mol. The molecule has 1 fully saturated rings. The fourth-order valence-electron chi connectivity index (χ4n) is 4.35. The van der Waals surface area contributed by atoms with Crippen LogP contribution in [0.15, 0.2) is 24.3 Å². The van der Waals surface area contributed by atoms with Crippen molar-refractivity contribution in [3.8, 4) is 5.75 Å². The number of benzene rings is 1. The summed E-state index contributed by atoms with van der Waals surface area (Å²) in [7, 11) is 2.64. The number of carbonyl (C=O) groups is 5. The van der Waals surface area contributed by atoms with Crippen LogP contribution in [0, 0.1) is 11.8 Å². The fourth-order valence-corrected chi connectivity index (χ4v) is 4.35. The van der Waals surface area contributed by atoms with Crippen molar-refractivity contribution in [2.24, 2.45) is 11.8 Å². The summed E-state index contributed by atoms with van der Waals surface area (Å²) in [4.78, 5) is 65.8. The fraction of sp³-hybridized carbons (Fsp3) is 0.500. The first-order valence-electron chi connectivity index (χ1n) is 12.4. The van der Waals surface area contributed by atoms with Crippen LogP contribution in [0.3, 0.4) is 0 Å². The van der Waals surface area contributed by atoms with Crippen molar-refractivity contribution in [1.29, 1.82) is 0 Å². The zero-order valence-electron chi connectivity index (χ0n) is 21.9. The summed E-state index contributed by atoms with van der Waals surface area (Å²) >= 11 is 0. The summed E-state index contributed by atoms with van der Waals surface area (Å²) in [6.45, 7) is 3.63. The normalized spacial score (nSPS) is 16.4. The minimum Gasteiger partial charge on any atom is -0.496 e. The van der Waals surface area contributed by atoms with Crippen molar-refractivity contribution < 1.29 is 38.2 Å². The third-order valence-electron chi connectivity index (χ3n) is 6.30. The molecule has 3 amide bonds. The molecule has 206 valence electrons. The van der Waals surface area contributed by atoms with Gasteiger partial charge >= 0.3 is 6.16 Å². The van der Waals surface area contributed by atoms with Crippen LogP contribution in [0.5, 0.6) is 5.75 Å². The minimum absolute atomic E-state index is 0.0328. The second-order valence-electron chi connectivity index (χ2n) is 9.54. The van der Waals surface area contributed by atoms with Gasteiger partial charge in [-0.05, 0) is 43.4 Å². The Morgan fingerprint density at radius 1 is 1.11 bits per heavy atom. The van der Waals surface area contributed by atoms with Gasteiger partial charge in [0.25, 0.3) is 5.91 Å². The molecule has 0 aliphatic carbocycles. The minimum atomic E-state index is -1.11. The molecule has 3 atom stereocenters. The molecule has 0 unspecified atom stereocenters. The third-order valence-corrected chi connectivity index (χ3v) is 6.30. The highest BCUT2D eigenvalue weighted by atomic mass is 16.7. The molecule has 0 radical (unpaired) electrons. The molecule has 0 bridgehead atoms. The van der Waals surface area contributed by atoms with Crippen molar-refractivity contribution in [2.75, 3.05) is 27.4 Å². The molecule has 3 rings (SSSR count). The largest absolute Gasteiger partial charge is 0.508 e. The Morgan fingerprint density at radius 3 is 2.50 bits per heavy atom. The zero-order chi connectivity index (χ0) is 27.8. The lowest BCUT2D eigenvalue weighted by Gasteiger charge is -2.25. The summed E-state index contributed by atoms with van der Waals surface area (Å²) in [5, 5.41) is 8.84. The van der Waals surface area contributed by atoms with Gasteiger partial charge in [0.2, 0.25) is 11.8 Å². The van der Waals surface area contributed by atoms with E-state index in [9.17, 15) is 24.0 Å². The number of hydrogen-bond donors (Lipinski definition) is 4. The van der Waals surface area contributed by atoms with Gasteiger partial charge < -0.3 is 35.1 Å². The van der Waals surface area contributed by atoms with Gasteiger partial charge in [0.15, 0.2) is 12.4 Å². The van der Waals surface area contributed by atoms with Gasteiger partial charge in [-0.15, -0.1) is 0 Å². The molecular formula is C26H34N4O8. The Hall–Kier alpha value is -4.09. The van der Waals surface area contributed by atoms with E-state index in [1.54, 1.807) is 24.3 Å². The first-order valence-corrected chi connectivity index (χ1v) is 12.4. The summed E-state index contributed by atoms with van der Waals surface area (Å²) in [6.07, 6.45) is -0.204. The van der Waals surface area contributed by atoms with Crippen molar-refractivity contribution in [3.63, 3.8) is 0 Å². The lowest BCUT2D eigenvalue weighted by molar-refractivity contribution is -0.132. The first-order chi connectivity index (χ1) is 18.1. The van der Waals surface area contributed by atoms with Crippen LogP contribution in [0.1, 0.15) is 43.6 Å². The number of aromatic nitrogens is 1. The number of aromatic amines is 1. The molecule has 12 heteroatoms. The number of hydrogen-bond acceptors (Lipinski definition) is 8. The number of carbonyl (C=O) groups excluding carboxylic acids is 5. The van der Waals surface area contributed by atoms with Gasteiger partial charge in [0.1, 0.15) is 17.5 Å². The Kier molecular flexibility index (Phi) is 9.69. The SMILES string of the molecule is COC(=O)OCC(=O)[C@H](C[C@@H]1CCNC1=O)NC(=O)[C@H](CC(C)C)NC(=O)c1cc2c(OC)cccc2[nH]1.